The van der Waals surface area contributed by atoms with Crippen LogP contribution in [0.25, 0.3) is 11.8 Å². The third-order valence-electron chi connectivity index (χ3n) is 2.59. The molecule has 2 heterocycles. The first-order chi connectivity index (χ1) is 9.24. The average molecular weight is 290 g/mol. The molecule has 5 nitrogen and oxygen atoms in total. The van der Waals surface area contributed by atoms with Crippen molar-refractivity contribution in [1.82, 2.24) is 20.1 Å². The molecule has 1 fully saturated rings. The maximum Gasteiger partial charge on any atom is 0.235 e. The molecule has 0 aliphatic carbocycles. The van der Waals surface area contributed by atoms with Crippen LogP contribution in [0.3, 0.4) is 0 Å². The fourth-order valence-corrected chi connectivity index (χ4v) is 2.76. The molecule has 1 aromatic heterocycles. The smallest absolute Gasteiger partial charge is 0.235 e. The van der Waals surface area contributed by atoms with E-state index in [4.69, 9.17) is 12.2 Å². The Labute approximate surface area is 118 Å². The quantitative estimate of drug-likeness (QED) is 0.831. The molecule has 19 heavy (non-hydrogen) atoms. The van der Waals surface area contributed by atoms with E-state index < -0.39 is 0 Å². The summed E-state index contributed by atoms with van der Waals surface area (Å²) in [5, 5.41) is 10.5. The molecule has 96 valence electrons. The van der Waals surface area contributed by atoms with Gasteiger partial charge < -0.3 is 5.32 Å². The molecule has 1 aliphatic rings. The summed E-state index contributed by atoms with van der Waals surface area (Å²) in [7, 11) is 0. The van der Waals surface area contributed by atoms with Gasteiger partial charge in [-0.25, -0.2) is 0 Å². The van der Waals surface area contributed by atoms with Crippen molar-refractivity contribution in [3.05, 3.63) is 46.0 Å². The lowest BCUT2D eigenvalue weighted by atomic mass is 10.3. The topological polar surface area (TPSA) is 62.7 Å². The van der Waals surface area contributed by atoms with E-state index in [1.807, 2.05) is 41.0 Å². The summed E-state index contributed by atoms with van der Waals surface area (Å²) in [6.45, 7) is 0. The summed E-state index contributed by atoms with van der Waals surface area (Å²) < 4.78 is 2.35. The molecule has 0 atom stereocenters. The molecule has 7 heteroatoms. The molecule has 1 amide bonds. The van der Waals surface area contributed by atoms with Crippen molar-refractivity contribution in [2.24, 2.45) is 0 Å². The van der Waals surface area contributed by atoms with Gasteiger partial charge in [0.1, 0.15) is 0 Å². The van der Waals surface area contributed by atoms with Crippen LogP contribution in [-0.4, -0.2) is 26.4 Å². The van der Waals surface area contributed by atoms with E-state index in [0.29, 0.717) is 16.3 Å². The first-order valence-electron chi connectivity index (χ1n) is 5.61. The zero-order chi connectivity index (χ0) is 13.2. The van der Waals surface area contributed by atoms with Gasteiger partial charge in [-0.05, 0) is 24.4 Å². The van der Waals surface area contributed by atoms with E-state index >= 15 is 0 Å². The summed E-state index contributed by atoms with van der Waals surface area (Å²) in [5.41, 5.74) is 0.933. The van der Waals surface area contributed by atoms with Gasteiger partial charge in [-0.1, -0.05) is 30.0 Å². The highest BCUT2D eigenvalue weighted by molar-refractivity contribution is 8.04. The highest BCUT2D eigenvalue weighted by Gasteiger charge is 2.16. The summed E-state index contributed by atoms with van der Waals surface area (Å²) in [6.07, 6.45) is 1.81. The van der Waals surface area contributed by atoms with Crippen molar-refractivity contribution >= 4 is 36.0 Å². The molecule has 0 spiro atoms. The van der Waals surface area contributed by atoms with Gasteiger partial charge in [0.25, 0.3) is 0 Å². The number of carbonyl (C=O) groups is 1. The molecule has 1 aliphatic heterocycles. The number of carbonyl (C=O) groups excluding carboxylic acids is 1. The van der Waals surface area contributed by atoms with Crippen LogP contribution in [0, 0.1) is 4.77 Å². The second-order valence-electron chi connectivity index (χ2n) is 3.90. The Balaban J connectivity index is 2.05. The number of nitrogens with one attached hydrogen (secondary N) is 2. The molecule has 0 bridgehead atoms. The Kier molecular flexibility index (Phi) is 3.22. The Bertz CT molecular complexity index is 702. The van der Waals surface area contributed by atoms with Gasteiger partial charge in [-0.3, -0.25) is 14.5 Å². The van der Waals surface area contributed by atoms with Crippen LogP contribution >= 0.6 is 24.0 Å². The Morgan fingerprint density at radius 3 is 2.84 bits per heavy atom. The monoisotopic (exact) mass is 290 g/mol. The molecule has 2 aromatic rings. The van der Waals surface area contributed by atoms with E-state index in [2.05, 4.69) is 15.5 Å². The number of thioether (sulfide) groups is 1. The second-order valence-corrected chi connectivity index (χ2v) is 5.31. The minimum absolute atomic E-state index is 0.0108. The van der Waals surface area contributed by atoms with Gasteiger partial charge >= 0.3 is 0 Å². The number of nitrogens with zero attached hydrogens (tertiary/aromatic N) is 2. The second kappa shape index (κ2) is 5.02. The van der Waals surface area contributed by atoms with Gasteiger partial charge in [0.05, 0.1) is 10.8 Å². The van der Waals surface area contributed by atoms with E-state index in [-0.39, 0.29) is 5.91 Å². The number of amides is 1. The molecular formula is C12H10N4OS2. The van der Waals surface area contributed by atoms with Crippen LogP contribution in [0.2, 0.25) is 0 Å². The lowest BCUT2D eigenvalue weighted by molar-refractivity contribution is -0.117. The number of hydrogen-bond donors (Lipinski definition) is 2. The standard InChI is InChI=1S/C12H10N4OS2/c17-10-7-19-11(13-10)6-9-14-15-12(18)16(9)8-4-2-1-3-5-8/h1-6H,7H2,(H,13,17)(H,15,18)/b11-6-. The van der Waals surface area contributed by atoms with E-state index in [1.54, 1.807) is 0 Å². The summed E-state index contributed by atoms with van der Waals surface area (Å²) in [5.74, 6) is 1.13. The fraction of sp³-hybridized carbons (Fsp3) is 0.0833. The molecule has 0 unspecified atom stereocenters. The van der Waals surface area contributed by atoms with Crippen molar-refractivity contribution in [2.45, 2.75) is 0 Å². The average Bonchev–Trinajstić information content (AvgIpc) is 2.98. The lowest BCUT2D eigenvalue weighted by Gasteiger charge is -2.04. The largest absolute Gasteiger partial charge is 0.320 e. The maximum atomic E-state index is 11.2. The van der Waals surface area contributed by atoms with Crippen molar-refractivity contribution in [1.29, 1.82) is 0 Å². The predicted molar refractivity (Wildman–Crippen MR) is 77.3 cm³/mol. The van der Waals surface area contributed by atoms with Crippen LogP contribution in [-0.2, 0) is 4.79 Å². The van der Waals surface area contributed by atoms with Gasteiger partial charge in [0.15, 0.2) is 10.6 Å². The molecule has 0 saturated carbocycles. The number of aromatic amines is 1. The third-order valence-corrected chi connectivity index (χ3v) is 3.81. The highest BCUT2D eigenvalue weighted by Crippen LogP contribution is 2.22. The zero-order valence-electron chi connectivity index (χ0n) is 9.79. The van der Waals surface area contributed by atoms with Gasteiger partial charge in [0, 0.05) is 11.8 Å². The summed E-state index contributed by atoms with van der Waals surface area (Å²) in [6, 6.07) is 9.72. The van der Waals surface area contributed by atoms with Gasteiger partial charge in [-0.15, -0.1) is 0 Å². The Morgan fingerprint density at radius 2 is 2.16 bits per heavy atom. The van der Waals surface area contributed by atoms with Crippen LogP contribution < -0.4 is 5.32 Å². The minimum Gasteiger partial charge on any atom is -0.320 e. The fourth-order valence-electron chi connectivity index (χ4n) is 1.78. The van der Waals surface area contributed by atoms with Crippen LogP contribution in [0.15, 0.2) is 35.4 Å². The normalized spacial score (nSPS) is 16.8. The molecule has 2 N–H and O–H groups in total. The molecule has 3 rings (SSSR count). The van der Waals surface area contributed by atoms with E-state index in [9.17, 15) is 4.79 Å². The minimum atomic E-state index is 0.0108. The first-order valence-corrected chi connectivity index (χ1v) is 7.00. The number of para-hydroxylation sites is 1. The van der Waals surface area contributed by atoms with Crippen molar-refractivity contribution in [3.8, 4) is 5.69 Å². The number of aromatic nitrogens is 3. The first kappa shape index (κ1) is 12.2. The Morgan fingerprint density at radius 1 is 1.37 bits per heavy atom. The van der Waals surface area contributed by atoms with E-state index in [0.717, 1.165) is 10.7 Å². The number of hydrogen-bond acceptors (Lipinski definition) is 4. The SMILES string of the molecule is O=C1CS/C(=C\c2n[nH]c(=S)n2-c2ccccc2)N1. The number of benzene rings is 1. The van der Waals surface area contributed by atoms with Crippen LogP contribution in [0.4, 0.5) is 0 Å². The van der Waals surface area contributed by atoms with Gasteiger partial charge in [0.2, 0.25) is 5.91 Å². The summed E-state index contributed by atoms with van der Waals surface area (Å²) >= 11 is 6.70. The van der Waals surface area contributed by atoms with Crippen LogP contribution in [0.5, 0.6) is 0 Å². The summed E-state index contributed by atoms with van der Waals surface area (Å²) in [4.78, 5) is 11.2. The highest BCUT2D eigenvalue weighted by atomic mass is 32.2. The molecule has 1 saturated heterocycles. The lowest BCUT2D eigenvalue weighted by Crippen LogP contribution is -2.14. The zero-order valence-corrected chi connectivity index (χ0v) is 11.4. The molecule has 0 radical (unpaired) electrons. The number of H-pyrrole nitrogens is 1. The van der Waals surface area contributed by atoms with Crippen molar-refractivity contribution in [3.63, 3.8) is 0 Å². The van der Waals surface area contributed by atoms with Crippen molar-refractivity contribution < 1.29 is 4.79 Å². The Hall–Kier alpha value is -1.86. The maximum absolute atomic E-state index is 11.2. The number of rotatable bonds is 2. The molecule has 1 aromatic carbocycles. The van der Waals surface area contributed by atoms with Gasteiger partial charge in [-0.2, -0.15) is 5.10 Å². The van der Waals surface area contributed by atoms with E-state index in [1.165, 1.54) is 11.8 Å². The molecular weight excluding hydrogens is 280 g/mol. The van der Waals surface area contributed by atoms with Crippen LogP contribution in [0.1, 0.15) is 5.82 Å². The third kappa shape index (κ3) is 2.47. The predicted octanol–water partition coefficient (Wildman–Crippen LogP) is 2.09. The van der Waals surface area contributed by atoms with Crippen molar-refractivity contribution in [2.75, 3.05) is 5.75 Å².